The van der Waals surface area contributed by atoms with Crippen molar-refractivity contribution in [3.8, 4) is 0 Å². The maximum atomic E-state index is 11.9. The lowest BCUT2D eigenvalue weighted by Gasteiger charge is -2.18. The zero-order valence-corrected chi connectivity index (χ0v) is 10.4. The number of rotatable bonds is 3. The summed E-state index contributed by atoms with van der Waals surface area (Å²) in [7, 11) is 1.67. The smallest absolute Gasteiger partial charge is 0.279 e. The molecule has 2 heterocycles. The van der Waals surface area contributed by atoms with Crippen LogP contribution in [0, 0.1) is 6.92 Å². The molecule has 0 radical (unpaired) electrons. The Labute approximate surface area is 102 Å². The lowest BCUT2D eigenvalue weighted by Crippen LogP contribution is -2.43. The van der Waals surface area contributed by atoms with Crippen molar-refractivity contribution >= 4 is 22.9 Å². The van der Waals surface area contributed by atoms with Gasteiger partial charge < -0.3 is 10.2 Å². The van der Waals surface area contributed by atoms with Gasteiger partial charge in [0.15, 0.2) is 5.82 Å². The predicted molar refractivity (Wildman–Crippen MR) is 62.4 cm³/mol. The van der Waals surface area contributed by atoms with E-state index in [1.807, 2.05) is 0 Å². The van der Waals surface area contributed by atoms with E-state index in [0.717, 1.165) is 11.8 Å². The number of aromatic nitrogens is 3. The van der Waals surface area contributed by atoms with E-state index < -0.39 is 6.04 Å². The van der Waals surface area contributed by atoms with Crippen molar-refractivity contribution in [1.29, 1.82) is 0 Å². The van der Waals surface area contributed by atoms with Crippen molar-refractivity contribution in [2.45, 2.75) is 19.5 Å². The summed E-state index contributed by atoms with van der Waals surface area (Å²) in [4.78, 5) is 28.6. The first-order chi connectivity index (χ1) is 8.06. The van der Waals surface area contributed by atoms with Crippen molar-refractivity contribution in [3.63, 3.8) is 0 Å². The van der Waals surface area contributed by atoms with Gasteiger partial charge >= 0.3 is 0 Å². The maximum absolute atomic E-state index is 11.9. The van der Waals surface area contributed by atoms with E-state index in [9.17, 15) is 9.59 Å². The standard InChI is InChI=1S/C9H13N5O2S/c1-5-10-7(13-12-5)3-14(2)8(15)6-4-17-9(16)11-6/h6H,3-4H2,1-2H3,(H,11,16)(H,10,12,13). The van der Waals surface area contributed by atoms with Gasteiger partial charge in [0.2, 0.25) is 5.91 Å². The Kier molecular flexibility index (Phi) is 3.32. The first-order valence-electron chi connectivity index (χ1n) is 5.12. The molecule has 1 aromatic heterocycles. The van der Waals surface area contributed by atoms with E-state index in [1.165, 1.54) is 4.90 Å². The summed E-state index contributed by atoms with van der Waals surface area (Å²) in [6, 6.07) is -0.433. The summed E-state index contributed by atoms with van der Waals surface area (Å²) in [6.07, 6.45) is 0. The molecule has 2 amide bonds. The fourth-order valence-electron chi connectivity index (χ4n) is 1.53. The van der Waals surface area contributed by atoms with Gasteiger partial charge in [-0.25, -0.2) is 4.98 Å². The van der Waals surface area contributed by atoms with Gasteiger partial charge in [0, 0.05) is 12.8 Å². The molecule has 0 aromatic carbocycles. The number of carbonyl (C=O) groups is 2. The quantitative estimate of drug-likeness (QED) is 0.786. The number of aryl methyl sites for hydroxylation is 1. The number of likely N-dealkylation sites (N-methyl/N-ethyl adjacent to an activating group) is 1. The molecule has 1 fully saturated rings. The number of H-pyrrole nitrogens is 1. The van der Waals surface area contributed by atoms with Gasteiger partial charge in [-0.15, -0.1) is 0 Å². The summed E-state index contributed by atoms with van der Waals surface area (Å²) in [5, 5.41) is 9.14. The zero-order valence-electron chi connectivity index (χ0n) is 9.56. The molecule has 17 heavy (non-hydrogen) atoms. The molecule has 1 aromatic rings. The number of amides is 2. The number of hydrogen-bond acceptors (Lipinski definition) is 5. The summed E-state index contributed by atoms with van der Waals surface area (Å²) in [6.45, 7) is 2.13. The zero-order chi connectivity index (χ0) is 12.4. The van der Waals surface area contributed by atoms with Crippen molar-refractivity contribution in [2.24, 2.45) is 0 Å². The average molecular weight is 255 g/mol. The maximum Gasteiger partial charge on any atom is 0.279 e. The number of aromatic amines is 1. The van der Waals surface area contributed by atoms with Crippen LogP contribution in [-0.4, -0.2) is 50.1 Å². The molecule has 0 spiro atoms. The van der Waals surface area contributed by atoms with Crippen LogP contribution in [0.15, 0.2) is 0 Å². The highest BCUT2D eigenvalue weighted by atomic mass is 32.2. The van der Waals surface area contributed by atoms with Gasteiger partial charge in [0.1, 0.15) is 11.9 Å². The third kappa shape index (κ3) is 2.76. The van der Waals surface area contributed by atoms with Gasteiger partial charge in [0.05, 0.1) is 6.54 Å². The van der Waals surface area contributed by atoms with E-state index in [4.69, 9.17) is 0 Å². The van der Waals surface area contributed by atoms with Crippen LogP contribution in [0.5, 0.6) is 0 Å². The molecule has 1 unspecified atom stereocenters. The molecule has 2 rings (SSSR count). The Hall–Kier alpha value is -1.57. The number of hydrogen-bond donors (Lipinski definition) is 2. The van der Waals surface area contributed by atoms with Crippen molar-refractivity contribution in [1.82, 2.24) is 25.4 Å². The Morgan fingerprint density at radius 3 is 2.94 bits per heavy atom. The summed E-state index contributed by atoms with van der Waals surface area (Å²) < 4.78 is 0. The molecular formula is C9H13N5O2S. The second kappa shape index (κ2) is 4.74. The monoisotopic (exact) mass is 255 g/mol. The normalized spacial score (nSPS) is 19.2. The lowest BCUT2D eigenvalue weighted by atomic mass is 10.3. The molecule has 0 saturated carbocycles. The van der Waals surface area contributed by atoms with E-state index in [2.05, 4.69) is 20.5 Å². The third-order valence-electron chi connectivity index (χ3n) is 2.37. The highest BCUT2D eigenvalue weighted by Crippen LogP contribution is 2.14. The molecule has 92 valence electrons. The molecule has 8 heteroatoms. The van der Waals surface area contributed by atoms with Gasteiger partial charge in [-0.1, -0.05) is 11.8 Å². The molecular weight excluding hydrogens is 242 g/mol. The van der Waals surface area contributed by atoms with Gasteiger partial charge in [-0.3, -0.25) is 14.7 Å². The second-order valence-electron chi connectivity index (χ2n) is 3.83. The van der Waals surface area contributed by atoms with Crippen molar-refractivity contribution in [2.75, 3.05) is 12.8 Å². The van der Waals surface area contributed by atoms with Crippen LogP contribution in [0.4, 0.5) is 4.79 Å². The van der Waals surface area contributed by atoms with Crippen LogP contribution in [0.3, 0.4) is 0 Å². The van der Waals surface area contributed by atoms with E-state index in [1.54, 1.807) is 14.0 Å². The van der Waals surface area contributed by atoms with E-state index in [-0.39, 0.29) is 11.1 Å². The fourth-order valence-corrected chi connectivity index (χ4v) is 2.30. The first kappa shape index (κ1) is 11.9. The predicted octanol–water partition coefficient (Wildman–Crippen LogP) is -0.103. The van der Waals surface area contributed by atoms with Gasteiger partial charge in [0.25, 0.3) is 5.24 Å². The minimum absolute atomic E-state index is 0.120. The summed E-state index contributed by atoms with van der Waals surface area (Å²) in [5.41, 5.74) is 0. The second-order valence-corrected chi connectivity index (χ2v) is 4.82. The topological polar surface area (TPSA) is 91.0 Å². The first-order valence-corrected chi connectivity index (χ1v) is 6.11. The highest BCUT2D eigenvalue weighted by Gasteiger charge is 2.30. The highest BCUT2D eigenvalue weighted by molar-refractivity contribution is 8.14. The van der Waals surface area contributed by atoms with Crippen LogP contribution >= 0.6 is 11.8 Å². The van der Waals surface area contributed by atoms with Crippen LogP contribution < -0.4 is 5.32 Å². The summed E-state index contributed by atoms with van der Waals surface area (Å²) in [5.74, 6) is 1.64. The molecule has 2 N–H and O–H groups in total. The lowest BCUT2D eigenvalue weighted by molar-refractivity contribution is -0.131. The van der Waals surface area contributed by atoms with E-state index in [0.29, 0.717) is 23.9 Å². The molecule has 1 aliphatic rings. The Morgan fingerprint density at radius 1 is 1.65 bits per heavy atom. The Bertz CT molecular complexity index is 446. The molecule has 0 bridgehead atoms. The number of nitrogens with zero attached hydrogens (tertiary/aromatic N) is 3. The van der Waals surface area contributed by atoms with E-state index >= 15 is 0 Å². The Balaban J connectivity index is 1.93. The minimum Gasteiger partial charge on any atom is -0.336 e. The van der Waals surface area contributed by atoms with Crippen molar-refractivity contribution < 1.29 is 9.59 Å². The van der Waals surface area contributed by atoms with Crippen molar-refractivity contribution in [3.05, 3.63) is 11.6 Å². The average Bonchev–Trinajstić information content (AvgIpc) is 2.87. The van der Waals surface area contributed by atoms with Crippen LogP contribution in [-0.2, 0) is 11.3 Å². The largest absolute Gasteiger partial charge is 0.336 e. The van der Waals surface area contributed by atoms with Crippen LogP contribution in [0.1, 0.15) is 11.6 Å². The summed E-state index contributed by atoms with van der Waals surface area (Å²) >= 11 is 1.13. The SMILES string of the molecule is Cc1nc(CN(C)C(=O)C2CSC(=O)N2)n[nH]1. The molecule has 1 aliphatic heterocycles. The fraction of sp³-hybridized carbons (Fsp3) is 0.556. The minimum atomic E-state index is -0.433. The molecule has 7 nitrogen and oxygen atoms in total. The molecule has 0 aliphatic carbocycles. The molecule has 1 saturated heterocycles. The Morgan fingerprint density at radius 2 is 2.41 bits per heavy atom. The van der Waals surface area contributed by atoms with Crippen LogP contribution in [0.2, 0.25) is 0 Å². The third-order valence-corrected chi connectivity index (χ3v) is 3.25. The van der Waals surface area contributed by atoms with Gasteiger partial charge in [-0.2, -0.15) is 5.10 Å². The molecule has 1 atom stereocenters. The number of nitrogens with one attached hydrogen (secondary N) is 2. The number of carbonyl (C=O) groups excluding carboxylic acids is 2. The van der Waals surface area contributed by atoms with Gasteiger partial charge in [-0.05, 0) is 6.92 Å². The number of thioether (sulfide) groups is 1. The van der Waals surface area contributed by atoms with Crippen LogP contribution in [0.25, 0.3) is 0 Å².